The fourth-order valence-corrected chi connectivity index (χ4v) is 1.98. The predicted octanol–water partition coefficient (Wildman–Crippen LogP) is 3.02. The maximum absolute atomic E-state index is 5.86. The normalized spacial score (nSPS) is 10.9. The van der Waals surface area contributed by atoms with Crippen LogP contribution in [0.3, 0.4) is 0 Å². The fourth-order valence-electron chi connectivity index (χ4n) is 1.84. The molecule has 108 valence electrons. The number of aromatic nitrogens is 1. The number of fused-ring (bicyclic) bond motifs is 1. The Morgan fingerprint density at radius 3 is 2.70 bits per heavy atom. The van der Waals surface area contributed by atoms with Crippen molar-refractivity contribution in [3.63, 3.8) is 0 Å². The zero-order chi connectivity index (χ0) is 14.2. The lowest BCUT2D eigenvalue weighted by Crippen LogP contribution is -2.10. The molecule has 0 fully saturated rings. The van der Waals surface area contributed by atoms with E-state index in [4.69, 9.17) is 25.8 Å². The minimum Gasteiger partial charge on any atom is -0.490 e. The van der Waals surface area contributed by atoms with Gasteiger partial charge in [-0.05, 0) is 12.1 Å². The number of rotatable bonds is 8. The summed E-state index contributed by atoms with van der Waals surface area (Å²) < 4.78 is 16.1. The van der Waals surface area contributed by atoms with Crippen molar-refractivity contribution in [2.24, 2.45) is 0 Å². The van der Waals surface area contributed by atoms with Crippen molar-refractivity contribution in [2.75, 3.05) is 33.5 Å². The fraction of sp³-hybridized carbons (Fsp3) is 0.400. The van der Waals surface area contributed by atoms with Crippen molar-refractivity contribution in [2.45, 2.75) is 5.88 Å². The maximum atomic E-state index is 5.86. The number of hydrogen-bond donors (Lipinski definition) is 0. The SMILES string of the molecule is COCCOCCOc1cc(CCl)nc2ccccc12. The molecule has 1 aromatic carbocycles. The van der Waals surface area contributed by atoms with Gasteiger partial charge < -0.3 is 14.2 Å². The van der Waals surface area contributed by atoms with E-state index in [9.17, 15) is 0 Å². The lowest BCUT2D eigenvalue weighted by molar-refractivity contribution is 0.0546. The van der Waals surface area contributed by atoms with Crippen LogP contribution in [0.4, 0.5) is 0 Å². The number of nitrogens with zero attached hydrogens (tertiary/aromatic N) is 1. The van der Waals surface area contributed by atoms with Crippen LogP contribution in [0.25, 0.3) is 10.9 Å². The zero-order valence-electron chi connectivity index (χ0n) is 11.5. The van der Waals surface area contributed by atoms with Gasteiger partial charge in [0.15, 0.2) is 0 Å². The number of ether oxygens (including phenoxy) is 3. The van der Waals surface area contributed by atoms with Crippen molar-refractivity contribution in [1.82, 2.24) is 4.98 Å². The molecule has 0 bridgehead atoms. The first-order valence-electron chi connectivity index (χ1n) is 6.49. The van der Waals surface area contributed by atoms with Gasteiger partial charge in [0.25, 0.3) is 0 Å². The van der Waals surface area contributed by atoms with E-state index >= 15 is 0 Å². The molecule has 0 unspecified atom stereocenters. The molecule has 0 atom stereocenters. The third kappa shape index (κ3) is 4.07. The minimum absolute atomic E-state index is 0.367. The van der Waals surface area contributed by atoms with E-state index in [1.165, 1.54) is 0 Å². The standard InChI is InChI=1S/C15H18ClNO3/c1-18-6-7-19-8-9-20-15-10-12(11-16)17-14-5-3-2-4-13(14)15/h2-5,10H,6-9,11H2,1H3. The number of methoxy groups -OCH3 is 1. The summed E-state index contributed by atoms with van der Waals surface area (Å²) in [5.74, 6) is 1.16. The van der Waals surface area contributed by atoms with E-state index in [-0.39, 0.29) is 0 Å². The first-order chi connectivity index (χ1) is 9.85. The molecule has 0 aliphatic rings. The van der Waals surface area contributed by atoms with Crippen LogP contribution in [-0.4, -0.2) is 38.5 Å². The predicted molar refractivity (Wildman–Crippen MR) is 79.5 cm³/mol. The van der Waals surface area contributed by atoms with Gasteiger partial charge in [-0.25, -0.2) is 0 Å². The Bertz CT molecular complexity index is 548. The highest BCUT2D eigenvalue weighted by molar-refractivity contribution is 6.17. The van der Waals surface area contributed by atoms with Gasteiger partial charge in [-0.2, -0.15) is 0 Å². The summed E-state index contributed by atoms with van der Waals surface area (Å²) in [5, 5.41) is 0.984. The second kappa shape index (κ2) is 8.04. The van der Waals surface area contributed by atoms with Crippen molar-refractivity contribution < 1.29 is 14.2 Å². The molecule has 0 N–H and O–H groups in total. The summed E-state index contributed by atoms with van der Waals surface area (Å²) in [6.45, 7) is 2.17. The Labute approximate surface area is 123 Å². The van der Waals surface area contributed by atoms with Gasteiger partial charge in [-0.3, -0.25) is 4.98 Å². The molecule has 5 heteroatoms. The van der Waals surface area contributed by atoms with E-state index < -0.39 is 0 Å². The number of benzene rings is 1. The highest BCUT2D eigenvalue weighted by Crippen LogP contribution is 2.25. The van der Waals surface area contributed by atoms with Gasteiger partial charge in [-0.15, -0.1) is 11.6 Å². The molecule has 1 aromatic heterocycles. The molecule has 4 nitrogen and oxygen atoms in total. The van der Waals surface area contributed by atoms with Gasteiger partial charge in [0.05, 0.1) is 36.9 Å². The average molecular weight is 296 g/mol. The Morgan fingerprint density at radius 2 is 1.90 bits per heavy atom. The molecule has 0 aliphatic carbocycles. The molecule has 0 aliphatic heterocycles. The number of halogens is 1. The number of pyridine rings is 1. The molecule has 0 amide bonds. The van der Waals surface area contributed by atoms with E-state index in [1.807, 2.05) is 30.3 Å². The summed E-state index contributed by atoms with van der Waals surface area (Å²) in [6, 6.07) is 9.73. The lowest BCUT2D eigenvalue weighted by Gasteiger charge is -2.11. The third-order valence-electron chi connectivity index (χ3n) is 2.79. The quantitative estimate of drug-likeness (QED) is 0.554. The summed E-state index contributed by atoms with van der Waals surface area (Å²) in [6.07, 6.45) is 0. The lowest BCUT2D eigenvalue weighted by atomic mass is 10.2. The summed E-state index contributed by atoms with van der Waals surface area (Å²) in [5.41, 5.74) is 1.70. The van der Waals surface area contributed by atoms with Gasteiger partial charge in [0.1, 0.15) is 12.4 Å². The van der Waals surface area contributed by atoms with E-state index in [0.29, 0.717) is 32.3 Å². The van der Waals surface area contributed by atoms with Crippen molar-refractivity contribution in [3.05, 3.63) is 36.0 Å². The first kappa shape index (κ1) is 15.0. The average Bonchev–Trinajstić information content (AvgIpc) is 2.50. The summed E-state index contributed by atoms with van der Waals surface area (Å²) in [4.78, 5) is 4.46. The molecule has 20 heavy (non-hydrogen) atoms. The monoisotopic (exact) mass is 295 g/mol. The number of para-hydroxylation sites is 1. The molecule has 1 heterocycles. The first-order valence-corrected chi connectivity index (χ1v) is 7.02. The zero-order valence-corrected chi connectivity index (χ0v) is 12.2. The highest BCUT2D eigenvalue weighted by atomic mass is 35.5. The van der Waals surface area contributed by atoms with Gasteiger partial charge in [0, 0.05) is 18.6 Å². The summed E-state index contributed by atoms with van der Waals surface area (Å²) >= 11 is 5.86. The molecule has 0 saturated carbocycles. The largest absolute Gasteiger partial charge is 0.490 e. The molecular weight excluding hydrogens is 278 g/mol. The second-order valence-corrected chi connectivity index (χ2v) is 4.48. The van der Waals surface area contributed by atoms with Gasteiger partial charge in [0.2, 0.25) is 0 Å². The Kier molecular flexibility index (Phi) is 6.05. The molecule has 2 aromatic rings. The number of hydrogen-bond acceptors (Lipinski definition) is 4. The Hall–Kier alpha value is -1.36. The van der Waals surface area contributed by atoms with E-state index in [2.05, 4.69) is 4.98 Å². The highest BCUT2D eigenvalue weighted by Gasteiger charge is 2.06. The van der Waals surface area contributed by atoms with Crippen LogP contribution in [0.15, 0.2) is 30.3 Å². The van der Waals surface area contributed by atoms with Crippen LogP contribution in [0, 0.1) is 0 Å². The van der Waals surface area contributed by atoms with Crippen LogP contribution in [0.2, 0.25) is 0 Å². The van der Waals surface area contributed by atoms with Crippen molar-refractivity contribution >= 4 is 22.5 Å². The Balaban J connectivity index is 2.01. The molecular formula is C15H18ClNO3. The van der Waals surface area contributed by atoms with Gasteiger partial charge >= 0.3 is 0 Å². The van der Waals surface area contributed by atoms with Crippen LogP contribution in [0.1, 0.15) is 5.69 Å². The topological polar surface area (TPSA) is 40.6 Å². The van der Waals surface area contributed by atoms with Crippen LogP contribution in [-0.2, 0) is 15.4 Å². The van der Waals surface area contributed by atoms with E-state index in [0.717, 1.165) is 22.3 Å². The van der Waals surface area contributed by atoms with Crippen molar-refractivity contribution in [3.8, 4) is 5.75 Å². The molecule has 0 radical (unpaired) electrons. The van der Waals surface area contributed by atoms with Crippen LogP contribution >= 0.6 is 11.6 Å². The molecule has 0 spiro atoms. The molecule has 2 rings (SSSR count). The summed E-state index contributed by atoms with van der Waals surface area (Å²) in [7, 11) is 1.65. The Morgan fingerprint density at radius 1 is 1.10 bits per heavy atom. The smallest absolute Gasteiger partial charge is 0.130 e. The van der Waals surface area contributed by atoms with Crippen molar-refractivity contribution in [1.29, 1.82) is 0 Å². The maximum Gasteiger partial charge on any atom is 0.130 e. The second-order valence-electron chi connectivity index (χ2n) is 4.22. The third-order valence-corrected chi connectivity index (χ3v) is 3.06. The number of alkyl halides is 1. The van der Waals surface area contributed by atoms with Gasteiger partial charge in [-0.1, -0.05) is 12.1 Å². The van der Waals surface area contributed by atoms with Crippen LogP contribution < -0.4 is 4.74 Å². The molecule has 0 saturated heterocycles. The van der Waals surface area contributed by atoms with Crippen LogP contribution in [0.5, 0.6) is 5.75 Å². The van der Waals surface area contributed by atoms with E-state index in [1.54, 1.807) is 7.11 Å². The minimum atomic E-state index is 0.367.